The Kier molecular flexibility index (Phi) is 3.14. The van der Waals surface area contributed by atoms with E-state index < -0.39 is 6.04 Å². The van der Waals surface area contributed by atoms with Crippen molar-refractivity contribution in [2.45, 2.75) is 6.04 Å². The van der Waals surface area contributed by atoms with E-state index in [1.54, 1.807) is 6.07 Å². The number of rotatable bonds is 2. The number of carbonyl (C=O) groups excluding carboxylic acids is 1. The smallest absolute Gasteiger partial charge is 0.251 e. The van der Waals surface area contributed by atoms with E-state index in [2.05, 4.69) is 33.2 Å². The number of halogens is 2. The number of carbonyl (C=O) groups is 1. The van der Waals surface area contributed by atoms with Gasteiger partial charge in [-0.25, -0.2) is 4.39 Å². The molecule has 0 spiro atoms. The van der Waals surface area contributed by atoms with Gasteiger partial charge < -0.3 is 10.6 Å². The van der Waals surface area contributed by atoms with Crippen LogP contribution in [0.25, 0.3) is 0 Å². The molecule has 0 saturated heterocycles. The summed E-state index contributed by atoms with van der Waals surface area (Å²) in [5.74, 6) is -0.510. The van der Waals surface area contributed by atoms with Crippen LogP contribution < -0.4 is 10.6 Å². The fourth-order valence-corrected chi connectivity index (χ4v) is 2.66. The molecule has 0 radical (unpaired) electrons. The van der Waals surface area contributed by atoms with E-state index in [-0.39, 0.29) is 11.7 Å². The first-order valence-corrected chi connectivity index (χ1v) is 6.84. The molecule has 1 aliphatic rings. The molecular weight excluding hydrogens is 358 g/mol. The van der Waals surface area contributed by atoms with Crippen LogP contribution in [0.1, 0.15) is 11.6 Å². The monoisotopic (exact) mass is 368 g/mol. The summed E-state index contributed by atoms with van der Waals surface area (Å²) < 4.78 is 14.4. The van der Waals surface area contributed by atoms with Crippen LogP contribution in [0, 0.1) is 9.39 Å². The topological polar surface area (TPSA) is 41.1 Å². The largest absolute Gasteiger partial charge is 0.370 e. The van der Waals surface area contributed by atoms with E-state index in [4.69, 9.17) is 0 Å². The SMILES string of the molecule is O=C1Nc2ccc(F)cc2C1Nc1cccc(I)c1. The molecule has 0 bridgehead atoms. The van der Waals surface area contributed by atoms with Gasteiger partial charge in [0.2, 0.25) is 0 Å². The maximum atomic E-state index is 13.3. The molecule has 1 amide bonds. The highest BCUT2D eigenvalue weighted by Crippen LogP contribution is 2.33. The molecule has 3 rings (SSSR count). The Bertz CT molecular complexity index is 660. The second-order valence-corrected chi connectivity index (χ2v) is 5.55. The summed E-state index contributed by atoms with van der Waals surface area (Å²) in [5, 5.41) is 5.87. The summed E-state index contributed by atoms with van der Waals surface area (Å²) in [6, 6.07) is 11.4. The van der Waals surface area contributed by atoms with Gasteiger partial charge in [-0.3, -0.25) is 4.79 Å². The average molecular weight is 368 g/mol. The van der Waals surface area contributed by atoms with Crippen molar-refractivity contribution in [2.24, 2.45) is 0 Å². The van der Waals surface area contributed by atoms with E-state index in [9.17, 15) is 9.18 Å². The van der Waals surface area contributed by atoms with E-state index in [0.717, 1.165) is 9.26 Å². The number of hydrogen-bond donors (Lipinski definition) is 2. The van der Waals surface area contributed by atoms with Gasteiger partial charge in [0.1, 0.15) is 11.9 Å². The summed E-state index contributed by atoms with van der Waals surface area (Å²) in [5.41, 5.74) is 2.14. The molecule has 3 nitrogen and oxygen atoms in total. The van der Waals surface area contributed by atoms with Crippen LogP contribution in [-0.4, -0.2) is 5.91 Å². The number of nitrogens with one attached hydrogen (secondary N) is 2. The molecule has 1 unspecified atom stereocenters. The van der Waals surface area contributed by atoms with Gasteiger partial charge >= 0.3 is 0 Å². The lowest BCUT2D eigenvalue weighted by molar-refractivity contribution is -0.116. The number of anilines is 2. The third kappa shape index (κ3) is 2.42. The Morgan fingerprint density at radius 3 is 2.84 bits per heavy atom. The van der Waals surface area contributed by atoms with Gasteiger partial charge in [-0.2, -0.15) is 0 Å². The highest BCUT2D eigenvalue weighted by molar-refractivity contribution is 14.1. The predicted octanol–water partition coefficient (Wildman–Crippen LogP) is 3.54. The van der Waals surface area contributed by atoms with Crippen molar-refractivity contribution in [1.29, 1.82) is 0 Å². The molecule has 5 heteroatoms. The van der Waals surface area contributed by atoms with E-state index >= 15 is 0 Å². The van der Waals surface area contributed by atoms with Gasteiger partial charge in [0.15, 0.2) is 0 Å². The Balaban J connectivity index is 1.94. The summed E-state index contributed by atoms with van der Waals surface area (Å²) in [7, 11) is 0. The van der Waals surface area contributed by atoms with Crippen molar-refractivity contribution in [3.63, 3.8) is 0 Å². The van der Waals surface area contributed by atoms with Gasteiger partial charge in [0, 0.05) is 20.5 Å². The zero-order valence-electron chi connectivity index (χ0n) is 9.78. The Labute approximate surface area is 123 Å². The van der Waals surface area contributed by atoms with Gasteiger partial charge in [-0.05, 0) is 59.0 Å². The average Bonchev–Trinajstić information content (AvgIpc) is 2.66. The van der Waals surface area contributed by atoms with Crippen molar-refractivity contribution >= 4 is 39.9 Å². The summed E-state index contributed by atoms with van der Waals surface area (Å²) in [6.07, 6.45) is 0. The molecule has 2 aromatic rings. The van der Waals surface area contributed by atoms with Crippen LogP contribution in [0.2, 0.25) is 0 Å². The summed E-state index contributed by atoms with van der Waals surface area (Å²) >= 11 is 2.20. The Morgan fingerprint density at radius 1 is 1.21 bits per heavy atom. The molecule has 0 fully saturated rings. The molecule has 19 heavy (non-hydrogen) atoms. The lowest BCUT2D eigenvalue weighted by Gasteiger charge is -2.13. The molecule has 2 N–H and O–H groups in total. The second-order valence-electron chi connectivity index (χ2n) is 4.31. The number of benzene rings is 2. The van der Waals surface area contributed by atoms with Crippen molar-refractivity contribution in [3.8, 4) is 0 Å². The van der Waals surface area contributed by atoms with Gasteiger partial charge in [-0.1, -0.05) is 6.07 Å². The lowest BCUT2D eigenvalue weighted by Crippen LogP contribution is -2.19. The van der Waals surface area contributed by atoms with Gasteiger partial charge in [0.25, 0.3) is 5.91 Å². The van der Waals surface area contributed by atoms with Crippen LogP contribution in [0.4, 0.5) is 15.8 Å². The molecule has 1 aliphatic heterocycles. The van der Waals surface area contributed by atoms with Crippen LogP contribution in [0.15, 0.2) is 42.5 Å². The van der Waals surface area contributed by atoms with E-state index in [1.807, 2.05) is 24.3 Å². The Morgan fingerprint density at radius 2 is 2.05 bits per heavy atom. The quantitative estimate of drug-likeness (QED) is 0.797. The molecule has 2 aromatic carbocycles. The molecular formula is C14H10FIN2O. The minimum atomic E-state index is -0.552. The minimum absolute atomic E-state index is 0.167. The van der Waals surface area contributed by atoms with Gasteiger partial charge in [-0.15, -0.1) is 0 Å². The Hall–Kier alpha value is -1.63. The first-order valence-electron chi connectivity index (χ1n) is 5.76. The fourth-order valence-electron chi connectivity index (χ4n) is 2.12. The van der Waals surface area contributed by atoms with E-state index in [0.29, 0.717) is 11.3 Å². The first kappa shape index (κ1) is 12.4. The van der Waals surface area contributed by atoms with Crippen LogP contribution in [0.3, 0.4) is 0 Å². The van der Waals surface area contributed by atoms with Crippen LogP contribution in [-0.2, 0) is 4.79 Å². The van der Waals surface area contributed by atoms with Crippen molar-refractivity contribution in [2.75, 3.05) is 10.6 Å². The standard InChI is InChI=1S/C14H10FIN2O/c15-8-4-5-12-11(6-8)13(14(19)18-12)17-10-3-1-2-9(16)7-10/h1-7,13,17H,(H,18,19). The first-order chi connectivity index (χ1) is 9.13. The molecule has 96 valence electrons. The van der Waals surface area contributed by atoms with Crippen molar-refractivity contribution in [1.82, 2.24) is 0 Å². The van der Waals surface area contributed by atoms with Crippen LogP contribution >= 0.6 is 22.6 Å². The number of fused-ring (bicyclic) bond motifs is 1. The normalized spacial score (nSPS) is 16.9. The summed E-state index contributed by atoms with van der Waals surface area (Å²) in [6.45, 7) is 0. The zero-order valence-corrected chi connectivity index (χ0v) is 11.9. The highest BCUT2D eigenvalue weighted by Gasteiger charge is 2.30. The minimum Gasteiger partial charge on any atom is -0.370 e. The third-order valence-electron chi connectivity index (χ3n) is 2.98. The fraction of sp³-hybridized carbons (Fsp3) is 0.0714. The molecule has 1 heterocycles. The number of amides is 1. The van der Waals surface area contributed by atoms with Crippen molar-refractivity contribution < 1.29 is 9.18 Å². The summed E-state index contributed by atoms with van der Waals surface area (Å²) in [4.78, 5) is 11.9. The maximum Gasteiger partial charge on any atom is 0.251 e. The molecule has 0 aromatic heterocycles. The molecule has 0 aliphatic carbocycles. The molecule has 1 atom stereocenters. The second kappa shape index (κ2) is 4.80. The van der Waals surface area contributed by atoms with Crippen molar-refractivity contribution in [3.05, 3.63) is 57.4 Å². The lowest BCUT2D eigenvalue weighted by atomic mass is 10.1. The van der Waals surface area contributed by atoms with Gasteiger partial charge in [0.05, 0.1) is 0 Å². The van der Waals surface area contributed by atoms with Crippen LogP contribution in [0.5, 0.6) is 0 Å². The zero-order chi connectivity index (χ0) is 13.4. The predicted molar refractivity (Wildman–Crippen MR) is 80.6 cm³/mol. The van der Waals surface area contributed by atoms with E-state index in [1.165, 1.54) is 12.1 Å². The maximum absolute atomic E-state index is 13.3. The number of hydrogen-bond acceptors (Lipinski definition) is 2. The molecule has 0 saturated carbocycles. The highest BCUT2D eigenvalue weighted by atomic mass is 127. The third-order valence-corrected chi connectivity index (χ3v) is 3.65.